The molecule has 2 aromatic rings. The lowest BCUT2D eigenvalue weighted by molar-refractivity contribution is -0.153. The molecule has 30 heavy (non-hydrogen) atoms. The summed E-state index contributed by atoms with van der Waals surface area (Å²) < 4.78 is 6.34. The zero-order valence-corrected chi connectivity index (χ0v) is 19.3. The molecule has 2 heterocycles. The second-order valence-corrected chi connectivity index (χ2v) is 13.7. The molecule has 0 radical (unpaired) electrons. The molecule has 9 heteroatoms. The molecule has 8 nitrogen and oxygen atoms in total. The molecule has 0 aliphatic heterocycles. The van der Waals surface area contributed by atoms with Crippen LogP contribution in [0.4, 0.5) is 0 Å². The number of pyridine rings is 2. The lowest BCUT2D eigenvalue weighted by Gasteiger charge is -2.19. The smallest absolute Gasteiger partial charge is 0.325 e. The van der Waals surface area contributed by atoms with Crippen molar-refractivity contribution in [2.75, 3.05) is 6.54 Å². The number of hydrogen-bond donors (Lipinski definition) is 2. The zero-order valence-electron chi connectivity index (χ0n) is 18.3. The highest BCUT2D eigenvalue weighted by molar-refractivity contribution is 6.83. The SMILES string of the molecule is Cn1c(=O)c(C(=O)NCC(=O)OC(C)(C)C)c(O)c2ncc(C#C[Si](C)(C)C)cc21. The molecule has 0 atom stereocenters. The van der Waals surface area contributed by atoms with Gasteiger partial charge in [-0.2, -0.15) is 0 Å². The zero-order chi connectivity index (χ0) is 22.9. The molecule has 0 bridgehead atoms. The Morgan fingerprint density at radius 3 is 2.50 bits per heavy atom. The van der Waals surface area contributed by atoms with Crippen LogP contribution in [0.5, 0.6) is 5.75 Å². The fourth-order valence-electron chi connectivity index (χ4n) is 2.54. The van der Waals surface area contributed by atoms with Crippen molar-refractivity contribution < 1.29 is 19.4 Å². The van der Waals surface area contributed by atoms with E-state index in [1.54, 1.807) is 26.8 Å². The molecule has 2 N–H and O–H groups in total. The van der Waals surface area contributed by atoms with Crippen LogP contribution < -0.4 is 10.9 Å². The van der Waals surface area contributed by atoms with Crippen LogP contribution >= 0.6 is 0 Å². The minimum atomic E-state index is -1.60. The second kappa shape index (κ2) is 8.32. The number of nitrogens with zero attached hydrogens (tertiary/aromatic N) is 2. The van der Waals surface area contributed by atoms with Crippen molar-refractivity contribution in [2.45, 2.75) is 46.0 Å². The quantitative estimate of drug-likeness (QED) is 0.438. The molecular formula is C21H27N3O5Si. The number of rotatable bonds is 3. The van der Waals surface area contributed by atoms with Crippen LogP contribution in [0.15, 0.2) is 17.1 Å². The highest BCUT2D eigenvalue weighted by atomic mass is 28.3. The van der Waals surface area contributed by atoms with Gasteiger partial charge in [0.2, 0.25) is 0 Å². The highest BCUT2D eigenvalue weighted by Crippen LogP contribution is 2.24. The summed E-state index contributed by atoms with van der Waals surface area (Å²) in [4.78, 5) is 41.2. The Balaban J connectivity index is 2.41. The summed E-state index contributed by atoms with van der Waals surface area (Å²) >= 11 is 0. The van der Waals surface area contributed by atoms with E-state index in [1.807, 2.05) is 0 Å². The molecule has 160 valence electrons. The van der Waals surface area contributed by atoms with Crippen LogP contribution in [-0.4, -0.2) is 46.8 Å². The van der Waals surface area contributed by atoms with Crippen molar-refractivity contribution in [2.24, 2.45) is 7.05 Å². The molecule has 0 aliphatic carbocycles. The topological polar surface area (TPSA) is 111 Å². The van der Waals surface area contributed by atoms with Gasteiger partial charge in [0, 0.05) is 18.8 Å². The van der Waals surface area contributed by atoms with Gasteiger partial charge in [-0.3, -0.25) is 14.4 Å². The summed E-state index contributed by atoms with van der Waals surface area (Å²) in [5.74, 6) is 0.971. The Bertz CT molecular complexity index is 1130. The maximum atomic E-state index is 12.7. The van der Waals surface area contributed by atoms with Gasteiger partial charge in [0.05, 0.1) is 5.52 Å². The Labute approximate surface area is 176 Å². The van der Waals surface area contributed by atoms with E-state index in [0.29, 0.717) is 11.1 Å². The van der Waals surface area contributed by atoms with Crippen molar-refractivity contribution in [3.63, 3.8) is 0 Å². The number of fused-ring (bicyclic) bond motifs is 1. The van der Waals surface area contributed by atoms with Crippen LogP contribution in [0, 0.1) is 11.5 Å². The summed E-state index contributed by atoms with van der Waals surface area (Å²) in [5.41, 5.74) is 2.37. The van der Waals surface area contributed by atoms with Crippen molar-refractivity contribution in [3.8, 4) is 17.2 Å². The van der Waals surface area contributed by atoms with Crippen LogP contribution in [0.1, 0.15) is 36.7 Å². The number of amides is 1. The molecule has 0 saturated heterocycles. The third kappa shape index (κ3) is 5.70. The number of aromatic nitrogens is 2. The highest BCUT2D eigenvalue weighted by Gasteiger charge is 2.24. The average Bonchev–Trinajstić information content (AvgIpc) is 2.61. The van der Waals surface area contributed by atoms with Gasteiger partial charge < -0.3 is 19.7 Å². The Kier molecular flexibility index (Phi) is 6.42. The minimum Gasteiger partial charge on any atom is -0.505 e. The average molecular weight is 430 g/mol. The van der Waals surface area contributed by atoms with E-state index < -0.39 is 49.0 Å². The van der Waals surface area contributed by atoms with Crippen molar-refractivity contribution in [3.05, 3.63) is 33.7 Å². The van der Waals surface area contributed by atoms with Gasteiger partial charge >= 0.3 is 5.97 Å². The molecule has 0 spiro atoms. The van der Waals surface area contributed by atoms with E-state index in [1.165, 1.54) is 17.8 Å². The van der Waals surface area contributed by atoms with E-state index in [2.05, 4.69) is 41.4 Å². The second-order valence-electron chi connectivity index (χ2n) is 8.95. The van der Waals surface area contributed by atoms with Gasteiger partial charge in [-0.15, -0.1) is 5.54 Å². The Morgan fingerprint density at radius 1 is 1.30 bits per heavy atom. The number of aryl methyl sites for hydroxylation is 1. The van der Waals surface area contributed by atoms with Gasteiger partial charge in [0.25, 0.3) is 11.5 Å². The fourth-order valence-corrected chi connectivity index (χ4v) is 3.06. The number of hydrogen-bond acceptors (Lipinski definition) is 6. The largest absolute Gasteiger partial charge is 0.505 e. The third-order valence-electron chi connectivity index (χ3n) is 3.83. The van der Waals surface area contributed by atoms with Crippen LogP contribution in [-0.2, 0) is 16.6 Å². The predicted molar refractivity (Wildman–Crippen MR) is 117 cm³/mol. The van der Waals surface area contributed by atoms with E-state index in [-0.39, 0.29) is 5.52 Å². The monoisotopic (exact) mass is 429 g/mol. The molecule has 0 unspecified atom stereocenters. The number of carbonyl (C=O) groups is 2. The first-order valence-corrected chi connectivity index (χ1v) is 12.9. The number of ether oxygens (including phenoxy) is 1. The van der Waals surface area contributed by atoms with Gasteiger partial charge in [0.1, 0.15) is 31.3 Å². The van der Waals surface area contributed by atoms with Crippen molar-refractivity contribution in [1.82, 2.24) is 14.9 Å². The number of nitrogens with one attached hydrogen (secondary N) is 1. The summed E-state index contributed by atoms with van der Waals surface area (Å²) in [6.07, 6.45) is 1.49. The van der Waals surface area contributed by atoms with Crippen LogP contribution in [0.25, 0.3) is 11.0 Å². The van der Waals surface area contributed by atoms with E-state index in [4.69, 9.17) is 4.74 Å². The van der Waals surface area contributed by atoms with Gasteiger partial charge in [-0.1, -0.05) is 25.6 Å². The van der Waals surface area contributed by atoms with E-state index in [9.17, 15) is 19.5 Å². The molecule has 2 rings (SSSR count). The predicted octanol–water partition coefficient (Wildman–Crippen LogP) is 1.94. The first-order chi connectivity index (χ1) is 13.7. The molecule has 0 fully saturated rings. The maximum Gasteiger partial charge on any atom is 0.325 e. The third-order valence-corrected chi connectivity index (χ3v) is 4.71. The van der Waals surface area contributed by atoms with Gasteiger partial charge in [-0.25, -0.2) is 4.98 Å². The molecule has 2 aromatic heterocycles. The van der Waals surface area contributed by atoms with E-state index >= 15 is 0 Å². The first kappa shape index (κ1) is 23.2. The van der Waals surface area contributed by atoms with Crippen molar-refractivity contribution >= 4 is 31.0 Å². The summed E-state index contributed by atoms with van der Waals surface area (Å²) in [7, 11) is -0.120. The Morgan fingerprint density at radius 2 is 1.93 bits per heavy atom. The van der Waals surface area contributed by atoms with Gasteiger partial charge in [-0.05, 0) is 26.8 Å². The molecule has 0 saturated carbocycles. The standard InChI is InChI=1S/C21H27N3O5Si/c1-21(2,3)29-15(25)12-23-19(27)16-18(26)17-14(24(4)20(16)28)10-13(11-22-17)8-9-30(5,6)7/h10-11,26H,12H2,1-7H3,(H,23,27). The minimum absolute atomic E-state index is 0.0954. The molecule has 0 aromatic carbocycles. The van der Waals surface area contributed by atoms with Crippen molar-refractivity contribution in [1.29, 1.82) is 0 Å². The van der Waals surface area contributed by atoms with Gasteiger partial charge in [0.15, 0.2) is 5.75 Å². The van der Waals surface area contributed by atoms with Crippen LogP contribution in [0.3, 0.4) is 0 Å². The Hall–Kier alpha value is -3.12. The number of carbonyl (C=O) groups excluding carboxylic acids is 2. The number of esters is 1. The summed E-state index contributed by atoms with van der Waals surface area (Å²) in [5, 5.41) is 12.9. The first-order valence-electron chi connectivity index (χ1n) is 9.44. The summed E-state index contributed by atoms with van der Waals surface area (Å²) in [6.45, 7) is 11.0. The fraction of sp³-hybridized carbons (Fsp3) is 0.429. The number of aromatic hydroxyl groups is 1. The van der Waals surface area contributed by atoms with E-state index in [0.717, 1.165) is 0 Å². The lowest BCUT2D eigenvalue weighted by atomic mass is 10.1. The molecule has 0 aliphatic rings. The normalized spacial score (nSPS) is 11.6. The molecular weight excluding hydrogens is 402 g/mol. The molecule has 1 amide bonds. The maximum absolute atomic E-state index is 12.7. The van der Waals surface area contributed by atoms with Crippen LogP contribution in [0.2, 0.25) is 19.6 Å². The summed E-state index contributed by atoms with van der Waals surface area (Å²) in [6, 6.07) is 1.65. The lowest BCUT2D eigenvalue weighted by Crippen LogP contribution is -2.37.